The van der Waals surface area contributed by atoms with Gasteiger partial charge in [0.1, 0.15) is 6.61 Å². The minimum atomic E-state index is -0.356. The van der Waals surface area contributed by atoms with Crippen LogP contribution in [0.15, 0.2) is 12.1 Å². The number of nitrogens with two attached hydrogens (primary N) is 1. The van der Waals surface area contributed by atoms with Gasteiger partial charge in [-0.3, -0.25) is 0 Å². The Hall–Kier alpha value is -1.22. The van der Waals surface area contributed by atoms with E-state index in [-0.39, 0.29) is 5.60 Å². The van der Waals surface area contributed by atoms with Gasteiger partial charge < -0.3 is 15.2 Å². The Kier molecular flexibility index (Phi) is 2.80. The van der Waals surface area contributed by atoms with Crippen LogP contribution in [0.5, 0.6) is 11.5 Å². The molecule has 0 aromatic heterocycles. The van der Waals surface area contributed by atoms with Crippen molar-refractivity contribution < 1.29 is 9.47 Å². The molecule has 0 aliphatic carbocycles. The number of ether oxygens (including phenoxy) is 2. The SMILES string of the molecule is CC[C@]1(CN)COc2c(C)ccc(C)c2O1. The molecule has 0 bridgehead atoms. The highest BCUT2D eigenvalue weighted by Crippen LogP contribution is 2.41. The fraction of sp³-hybridized carbons (Fsp3) is 0.538. The molecule has 0 unspecified atom stereocenters. The van der Waals surface area contributed by atoms with Gasteiger partial charge in [0.15, 0.2) is 17.1 Å². The summed E-state index contributed by atoms with van der Waals surface area (Å²) in [5, 5.41) is 0. The number of hydrogen-bond donors (Lipinski definition) is 1. The molecular formula is C13H19NO2. The molecule has 3 heteroatoms. The highest BCUT2D eigenvalue weighted by atomic mass is 16.6. The van der Waals surface area contributed by atoms with Crippen LogP contribution in [0.3, 0.4) is 0 Å². The van der Waals surface area contributed by atoms with Gasteiger partial charge >= 0.3 is 0 Å². The third-order valence-corrected chi connectivity index (χ3v) is 3.32. The van der Waals surface area contributed by atoms with E-state index in [0.717, 1.165) is 29.0 Å². The van der Waals surface area contributed by atoms with E-state index in [1.165, 1.54) is 0 Å². The second-order valence-electron chi connectivity index (χ2n) is 4.49. The molecule has 0 amide bonds. The average Bonchev–Trinajstić information content (AvgIpc) is 2.33. The van der Waals surface area contributed by atoms with E-state index < -0.39 is 0 Å². The minimum Gasteiger partial charge on any atom is -0.485 e. The summed E-state index contributed by atoms with van der Waals surface area (Å²) >= 11 is 0. The van der Waals surface area contributed by atoms with E-state index in [1.54, 1.807) is 0 Å². The quantitative estimate of drug-likeness (QED) is 0.832. The van der Waals surface area contributed by atoms with E-state index in [1.807, 2.05) is 13.8 Å². The molecule has 1 aromatic carbocycles. The van der Waals surface area contributed by atoms with Crippen LogP contribution in [-0.4, -0.2) is 18.8 Å². The lowest BCUT2D eigenvalue weighted by Gasteiger charge is -2.38. The van der Waals surface area contributed by atoms with E-state index in [2.05, 4.69) is 19.1 Å². The first-order valence-corrected chi connectivity index (χ1v) is 5.74. The van der Waals surface area contributed by atoms with Crippen molar-refractivity contribution in [2.75, 3.05) is 13.2 Å². The smallest absolute Gasteiger partial charge is 0.165 e. The summed E-state index contributed by atoms with van der Waals surface area (Å²) < 4.78 is 11.9. The van der Waals surface area contributed by atoms with Gasteiger partial charge in [-0.1, -0.05) is 19.1 Å². The topological polar surface area (TPSA) is 44.5 Å². The monoisotopic (exact) mass is 221 g/mol. The number of hydrogen-bond acceptors (Lipinski definition) is 3. The zero-order valence-electron chi connectivity index (χ0n) is 10.2. The molecule has 1 aliphatic rings. The molecule has 0 fully saturated rings. The van der Waals surface area contributed by atoms with Gasteiger partial charge in [-0.25, -0.2) is 0 Å². The maximum Gasteiger partial charge on any atom is 0.165 e. The largest absolute Gasteiger partial charge is 0.485 e. The van der Waals surface area contributed by atoms with Crippen molar-refractivity contribution >= 4 is 0 Å². The molecule has 0 saturated carbocycles. The fourth-order valence-corrected chi connectivity index (χ4v) is 1.93. The van der Waals surface area contributed by atoms with Gasteiger partial charge in [-0.15, -0.1) is 0 Å². The van der Waals surface area contributed by atoms with Crippen molar-refractivity contribution in [1.82, 2.24) is 0 Å². The van der Waals surface area contributed by atoms with Crippen molar-refractivity contribution in [2.24, 2.45) is 5.73 Å². The van der Waals surface area contributed by atoms with E-state index in [9.17, 15) is 0 Å². The van der Waals surface area contributed by atoms with Gasteiger partial charge in [0.2, 0.25) is 0 Å². The summed E-state index contributed by atoms with van der Waals surface area (Å²) in [5.74, 6) is 1.73. The lowest BCUT2D eigenvalue weighted by atomic mass is 9.99. The number of aryl methyl sites for hydroxylation is 2. The average molecular weight is 221 g/mol. The van der Waals surface area contributed by atoms with Crippen LogP contribution in [0.4, 0.5) is 0 Å². The predicted octanol–water partition coefficient (Wildman–Crippen LogP) is 2.18. The Morgan fingerprint density at radius 3 is 2.44 bits per heavy atom. The lowest BCUT2D eigenvalue weighted by Crippen LogP contribution is -2.50. The molecule has 1 aliphatic heterocycles. The highest BCUT2D eigenvalue weighted by Gasteiger charge is 2.36. The molecule has 0 saturated heterocycles. The third kappa shape index (κ3) is 1.65. The maximum atomic E-state index is 6.08. The Balaban J connectivity index is 2.43. The fourth-order valence-electron chi connectivity index (χ4n) is 1.93. The summed E-state index contributed by atoms with van der Waals surface area (Å²) in [7, 11) is 0. The van der Waals surface area contributed by atoms with Gasteiger partial charge in [0.05, 0.1) is 0 Å². The molecule has 2 rings (SSSR count). The Bertz CT molecular complexity index is 397. The Morgan fingerprint density at radius 1 is 1.25 bits per heavy atom. The van der Waals surface area contributed by atoms with Crippen molar-refractivity contribution in [1.29, 1.82) is 0 Å². The van der Waals surface area contributed by atoms with Crippen LogP contribution in [0.25, 0.3) is 0 Å². The van der Waals surface area contributed by atoms with Crippen LogP contribution < -0.4 is 15.2 Å². The maximum absolute atomic E-state index is 6.08. The van der Waals surface area contributed by atoms with Crippen LogP contribution >= 0.6 is 0 Å². The molecular weight excluding hydrogens is 202 g/mol. The lowest BCUT2D eigenvalue weighted by molar-refractivity contribution is -0.00549. The first-order valence-electron chi connectivity index (χ1n) is 5.74. The molecule has 16 heavy (non-hydrogen) atoms. The van der Waals surface area contributed by atoms with Crippen molar-refractivity contribution in [3.05, 3.63) is 23.3 Å². The van der Waals surface area contributed by atoms with Crippen LogP contribution in [-0.2, 0) is 0 Å². The van der Waals surface area contributed by atoms with E-state index >= 15 is 0 Å². The molecule has 3 nitrogen and oxygen atoms in total. The third-order valence-electron chi connectivity index (χ3n) is 3.32. The number of fused-ring (bicyclic) bond motifs is 1. The molecule has 1 heterocycles. The zero-order chi connectivity index (χ0) is 11.8. The minimum absolute atomic E-state index is 0.356. The molecule has 1 atom stereocenters. The van der Waals surface area contributed by atoms with Crippen molar-refractivity contribution in [3.63, 3.8) is 0 Å². The van der Waals surface area contributed by atoms with Crippen LogP contribution in [0.1, 0.15) is 24.5 Å². The summed E-state index contributed by atoms with van der Waals surface area (Å²) in [5.41, 5.74) is 7.65. The normalized spacial score (nSPS) is 23.2. The Labute approximate surface area is 96.5 Å². The van der Waals surface area contributed by atoms with E-state index in [0.29, 0.717) is 13.2 Å². The Morgan fingerprint density at radius 2 is 1.88 bits per heavy atom. The van der Waals surface area contributed by atoms with Gasteiger partial charge in [-0.05, 0) is 31.4 Å². The van der Waals surface area contributed by atoms with E-state index in [4.69, 9.17) is 15.2 Å². The van der Waals surface area contributed by atoms with Crippen LogP contribution in [0.2, 0.25) is 0 Å². The molecule has 0 radical (unpaired) electrons. The van der Waals surface area contributed by atoms with Crippen LogP contribution in [0, 0.1) is 13.8 Å². The standard InChI is InChI=1S/C13H19NO2/c1-4-13(7-14)8-15-11-9(2)5-6-10(3)12(11)16-13/h5-6H,4,7-8,14H2,1-3H3/t13-/m0/s1. The predicted molar refractivity (Wildman–Crippen MR) is 64.1 cm³/mol. The highest BCUT2D eigenvalue weighted by molar-refractivity contribution is 5.52. The summed E-state index contributed by atoms with van der Waals surface area (Å²) in [6.07, 6.45) is 0.857. The summed E-state index contributed by atoms with van der Waals surface area (Å²) in [6.45, 7) is 7.16. The molecule has 1 aromatic rings. The molecule has 2 N–H and O–H groups in total. The number of rotatable bonds is 2. The number of benzene rings is 1. The first-order chi connectivity index (χ1) is 7.62. The van der Waals surface area contributed by atoms with Crippen molar-refractivity contribution in [3.8, 4) is 11.5 Å². The van der Waals surface area contributed by atoms with Gasteiger partial charge in [0, 0.05) is 6.54 Å². The second-order valence-corrected chi connectivity index (χ2v) is 4.49. The molecule has 0 spiro atoms. The summed E-state index contributed by atoms with van der Waals surface area (Å²) in [4.78, 5) is 0. The van der Waals surface area contributed by atoms with Gasteiger partial charge in [0.25, 0.3) is 0 Å². The first kappa shape index (κ1) is 11.3. The zero-order valence-corrected chi connectivity index (χ0v) is 10.2. The van der Waals surface area contributed by atoms with Gasteiger partial charge in [-0.2, -0.15) is 0 Å². The second kappa shape index (κ2) is 3.98. The molecule has 88 valence electrons. The van der Waals surface area contributed by atoms with Crippen molar-refractivity contribution in [2.45, 2.75) is 32.8 Å². The summed E-state index contributed by atoms with van der Waals surface area (Å²) in [6, 6.07) is 4.11.